The fourth-order valence-corrected chi connectivity index (χ4v) is 2.23. The van der Waals surface area contributed by atoms with Crippen molar-refractivity contribution in [2.45, 2.75) is 26.8 Å². The summed E-state index contributed by atoms with van der Waals surface area (Å²) in [4.78, 5) is 22.7. The first-order valence-corrected chi connectivity index (χ1v) is 7.63. The summed E-state index contributed by atoms with van der Waals surface area (Å²) in [6.07, 6.45) is 0. The zero-order valence-corrected chi connectivity index (χ0v) is 13.9. The zero-order chi connectivity index (χ0) is 17.7. The molecule has 1 atom stereocenters. The number of hydrogen-bond donors (Lipinski definition) is 1. The molecule has 2 aromatic carbocycles. The molecule has 0 spiro atoms. The van der Waals surface area contributed by atoms with Gasteiger partial charge in [0.15, 0.2) is 0 Å². The van der Waals surface area contributed by atoms with Crippen LogP contribution in [-0.4, -0.2) is 23.5 Å². The van der Waals surface area contributed by atoms with E-state index in [0.717, 1.165) is 11.3 Å². The third-order valence-electron chi connectivity index (χ3n) is 3.63. The van der Waals surface area contributed by atoms with Crippen molar-refractivity contribution in [3.05, 3.63) is 69.3 Å². The summed E-state index contributed by atoms with van der Waals surface area (Å²) in [5.74, 6) is 0.406. The monoisotopic (exact) mass is 328 g/mol. The van der Waals surface area contributed by atoms with Crippen LogP contribution in [0.25, 0.3) is 0 Å². The molecular weight excluding hydrogens is 308 g/mol. The van der Waals surface area contributed by atoms with E-state index in [1.165, 1.54) is 6.07 Å². The molecule has 0 aliphatic carbocycles. The number of carbonyl (C=O) groups is 1. The van der Waals surface area contributed by atoms with Crippen molar-refractivity contribution in [1.29, 1.82) is 0 Å². The SMILES string of the molecule is Cc1ccccc1OCC(C)NC(=O)c1ccc(C)c([N+](=O)[O-])c1. The minimum Gasteiger partial charge on any atom is -0.491 e. The molecule has 0 saturated carbocycles. The zero-order valence-electron chi connectivity index (χ0n) is 13.9. The average molecular weight is 328 g/mol. The van der Waals surface area contributed by atoms with E-state index in [1.54, 1.807) is 19.1 Å². The smallest absolute Gasteiger partial charge is 0.273 e. The van der Waals surface area contributed by atoms with E-state index in [4.69, 9.17) is 4.74 Å². The number of benzene rings is 2. The Morgan fingerprint density at radius 3 is 2.58 bits per heavy atom. The van der Waals surface area contributed by atoms with Crippen LogP contribution in [0.3, 0.4) is 0 Å². The number of amides is 1. The number of nitro groups is 1. The van der Waals surface area contributed by atoms with Crippen LogP contribution in [0.5, 0.6) is 5.75 Å². The number of hydrogen-bond acceptors (Lipinski definition) is 4. The number of nitrogens with zero attached hydrogens (tertiary/aromatic N) is 1. The third-order valence-corrected chi connectivity index (χ3v) is 3.63. The minimum absolute atomic E-state index is 0.0635. The molecule has 2 aromatic rings. The molecular formula is C18H20N2O4. The van der Waals surface area contributed by atoms with Gasteiger partial charge in [0.2, 0.25) is 0 Å². The molecule has 6 heteroatoms. The summed E-state index contributed by atoms with van der Waals surface area (Å²) in [6, 6.07) is 11.8. The van der Waals surface area contributed by atoms with Crippen LogP contribution in [0.4, 0.5) is 5.69 Å². The predicted octanol–water partition coefficient (Wildman–Crippen LogP) is 3.41. The molecule has 0 aliphatic rings. The maximum atomic E-state index is 12.2. The molecule has 0 radical (unpaired) electrons. The first-order valence-electron chi connectivity index (χ1n) is 7.63. The lowest BCUT2D eigenvalue weighted by Crippen LogP contribution is -2.36. The number of ether oxygens (including phenoxy) is 1. The van der Waals surface area contributed by atoms with Gasteiger partial charge in [-0.05, 0) is 38.5 Å². The van der Waals surface area contributed by atoms with Crippen LogP contribution >= 0.6 is 0 Å². The van der Waals surface area contributed by atoms with E-state index in [0.29, 0.717) is 12.2 Å². The predicted molar refractivity (Wildman–Crippen MR) is 91.4 cm³/mol. The first kappa shape index (κ1) is 17.5. The van der Waals surface area contributed by atoms with Crippen LogP contribution < -0.4 is 10.1 Å². The van der Waals surface area contributed by atoms with Crippen molar-refractivity contribution in [2.75, 3.05) is 6.61 Å². The largest absolute Gasteiger partial charge is 0.491 e. The number of rotatable bonds is 6. The Morgan fingerprint density at radius 2 is 1.92 bits per heavy atom. The van der Waals surface area contributed by atoms with Crippen LogP contribution in [0.2, 0.25) is 0 Å². The second-order valence-corrected chi connectivity index (χ2v) is 5.71. The van der Waals surface area contributed by atoms with Gasteiger partial charge in [-0.3, -0.25) is 14.9 Å². The normalized spacial score (nSPS) is 11.6. The molecule has 6 nitrogen and oxygen atoms in total. The standard InChI is InChI=1S/C18H20N2O4/c1-12-8-9-15(10-16(12)20(22)23)18(21)19-14(3)11-24-17-7-5-4-6-13(17)2/h4-10,14H,11H2,1-3H3,(H,19,21). The van der Waals surface area contributed by atoms with Crippen LogP contribution in [0.15, 0.2) is 42.5 Å². The summed E-state index contributed by atoms with van der Waals surface area (Å²) in [5.41, 5.74) is 1.74. The topological polar surface area (TPSA) is 81.5 Å². The molecule has 0 aliphatic heterocycles. The lowest BCUT2D eigenvalue weighted by Gasteiger charge is -2.16. The maximum absolute atomic E-state index is 12.2. The Bertz CT molecular complexity index is 758. The van der Waals surface area contributed by atoms with Crippen molar-refractivity contribution in [1.82, 2.24) is 5.32 Å². The summed E-state index contributed by atoms with van der Waals surface area (Å²) >= 11 is 0. The Labute approximate surface area is 140 Å². The fraction of sp³-hybridized carbons (Fsp3) is 0.278. The quantitative estimate of drug-likeness (QED) is 0.651. The molecule has 1 unspecified atom stereocenters. The maximum Gasteiger partial charge on any atom is 0.273 e. The van der Waals surface area contributed by atoms with Gasteiger partial charge in [0.25, 0.3) is 11.6 Å². The van der Waals surface area contributed by atoms with Crippen molar-refractivity contribution < 1.29 is 14.5 Å². The summed E-state index contributed by atoms with van der Waals surface area (Å²) in [6.45, 7) is 5.71. The van der Waals surface area contributed by atoms with E-state index in [1.807, 2.05) is 38.1 Å². The highest BCUT2D eigenvalue weighted by Gasteiger charge is 2.16. The Hall–Kier alpha value is -2.89. The van der Waals surface area contributed by atoms with Gasteiger partial charge in [-0.15, -0.1) is 0 Å². The summed E-state index contributed by atoms with van der Waals surface area (Å²) in [5, 5.41) is 13.7. The van der Waals surface area contributed by atoms with Crippen molar-refractivity contribution in [3.63, 3.8) is 0 Å². The highest BCUT2D eigenvalue weighted by molar-refractivity contribution is 5.95. The number of nitrogens with one attached hydrogen (secondary N) is 1. The molecule has 1 N–H and O–H groups in total. The van der Waals surface area contributed by atoms with Gasteiger partial charge in [0, 0.05) is 17.2 Å². The molecule has 24 heavy (non-hydrogen) atoms. The van der Waals surface area contributed by atoms with Gasteiger partial charge < -0.3 is 10.1 Å². The van der Waals surface area contributed by atoms with Crippen molar-refractivity contribution in [3.8, 4) is 5.75 Å². The van der Waals surface area contributed by atoms with Gasteiger partial charge in [0.05, 0.1) is 11.0 Å². The summed E-state index contributed by atoms with van der Waals surface area (Å²) < 4.78 is 5.69. The third kappa shape index (κ3) is 4.32. The van der Waals surface area contributed by atoms with Gasteiger partial charge in [-0.1, -0.05) is 24.3 Å². The molecule has 126 valence electrons. The van der Waals surface area contributed by atoms with E-state index >= 15 is 0 Å². The molecule has 0 bridgehead atoms. The van der Waals surface area contributed by atoms with Gasteiger partial charge in [-0.2, -0.15) is 0 Å². The lowest BCUT2D eigenvalue weighted by atomic mass is 10.1. The Morgan fingerprint density at radius 1 is 1.21 bits per heavy atom. The number of carbonyl (C=O) groups excluding carboxylic acids is 1. The van der Waals surface area contributed by atoms with Gasteiger partial charge in [-0.25, -0.2) is 0 Å². The lowest BCUT2D eigenvalue weighted by molar-refractivity contribution is -0.385. The second-order valence-electron chi connectivity index (χ2n) is 5.71. The van der Waals surface area contributed by atoms with Crippen LogP contribution in [0.1, 0.15) is 28.4 Å². The van der Waals surface area contributed by atoms with Crippen LogP contribution in [0, 0.1) is 24.0 Å². The highest BCUT2D eigenvalue weighted by Crippen LogP contribution is 2.19. The fourth-order valence-electron chi connectivity index (χ4n) is 2.23. The molecule has 0 aromatic heterocycles. The minimum atomic E-state index is -0.489. The van der Waals surface area contributed by atoms with Crippen molar-refractivity contribution >= 4 is 11.6 Å². The number of para-hydroxylation sites is 1. The molecule has 1 amide bonds. The average Bonchev–Trinajstić information content (AvgIpc) is 2.54. The van der Waals surface area contributed by atoms with Gasteiger partial charge in [0.1, 0.15) is 12.4 Å². The molecule has 0 fully saturated rings. The Kier molecular flexibility index (Phi) is 5.52. The molecule has 0 saturated heterocycles. The van der Waals surface area contributed by atoms with Crippen LogP contribution in [-0.2, 0) is 0 Å². The first-order chi connectivity index (χ1) is 11.4. The second kappa shape index (κ2) is 7.59. The number of nitro benzene ring substituents is 1. The van der Waals surface area contributed by atoms with E-state index in [2.05, 4.69) is 5.32 Å². The molecule has 0 heterocycles. The Balaban J connectivity index is 1.98. The number of aryl methyl sites for hydroxylation is 2. The van der Waals surface area contributed by atoms with Gasteiger partial charge >= 0.3 is 0 Å². The summed E-state index contributed by atoms with van der Waals surface area (Å²) in [7, 11) is 0. The van der Waals surface area contributed by atoms with E-state index in [9.17, 15) is 14.9 Å². The van der Waals surface area contributed by atoms with E-state index < -0.39 is 4.92 Å². The van der Waals surface area contributed by atoms with E-state index in [-0.39, 0.29) is 23.2 Å². The van der Waals surface area contributed by atoms with Crippen molar-refractivity contribution in [2.24, 2.45) is 0 Å². The molecule has 2 rings (SSSR count). The highest BCUT2D eigenvalue weighted by atomic mass is 16.6.